The zero-order valence-electron chi connectivity index (χ0n) is 13.0. The summed E-state index contributed by atoms with van der Waals surface area (Å²) in [6, 6.07) is 2.91. The van der Waals surface area contributed by atoms with E-state index in [1.165, 1.54) is 19.3 Å². The first kappa shape index (κ1) is 15.2. The highest BCUT2D eigenvalue weighted by molar-refractivity contribution is 5.76. The number of hydrogen-bond acceptors (Lipinski definition) is 3. The lowest BCUT2D eigenvalue weighted by Gasteiger charge is -2.28. The van der Waals surface area contributed by atoms with Crippen molar-refractivity contribution in [3.8, 4) is 0 Å². The molecule has 0 radical (unpaired) electrons. The highest BCUT2D eigenvalue weighted by Crippen LogP contribution is 2.21. The molecule has 4 nitrogen and oxygen atoms in total. The molecule has 2 heterocycles. The van der Waals surface area contributed by atoms with Crippen molar-refractivity contribution in [3.05, 3.63) is 18.0 Å². The lowest BCUT2D eigenvalue weighted by atomic mass is 10.0. The van der Waals surface area contributed by atoms with Gasteiger partial charge in [0.1, 0.15) is 5.78 Å². The summed E-state index contributed by atoms with van der Waals surface area (Å²) in [4.78, 5) is 13.9. The van der Waals surface area contributed by atoms with Crippen LogP contribution in [-0.2, 0) is 11.3 Å². The second-order valence-electron chi connectivity index (χ2n) is 6.26. The van der Waals surface area contributed by atoms with Gasteiger partial charge in [-0.15, -0.1) is 0 Å². The van der Waals surface area contributed by atoms with Gasteiger partial charge in [0.05, 0.1) is 5.69 Å². The van der Waals surface area contributed by atoms with Crippen LogP contribution in [0.1, 0.15) is 64.6 Å². The lowest BCUT2D eigenvalue weighted by molar-refractivity contribution is -0.118. The summed E-state index contributed by atoms with van der Waals surface area (Å²) < 4.78 is 2.01. The largest absolute Gasteiger partial charge is 0.300 e. The lowest BCUT2D eigenvalue weighted by Crippen LogP contribution is -2.35. The first-order chi connectivity index (χ1) is 9.56. The minimum Gasteiger partial charge on any atom is -0.300 e. The number of rotatable bonds is 5. The standard InChI is InChI=1S/C16H27N3O/c1-13(2)19-10-8-15(17-19)12-18-9-6-4-5-7-16(18)11-14(3)20/h8,10,13,16H,4-7,9,11-12H2,1-3H3. The number of Topliss-reactive ketones (excluding diaryl/α,β-unsaturated/α-hetero) is 1. The zero-order valence-corrected chi connectivity index (χ0v) is 13.0. The summed E-state index contributed by atoms with van der Waals surface area (Å²) in [6.07, 6.45) is 7.65. The minimum atomic E-state index is 0.301. The Morgan fingerprint density at radius 2 is 2.20 bits per heavy atom. The van der Waals surface area contributed by atoms with Crippen LogP contribution in [0.25, 0.3) is 0 Å². The van der Waals surface area contributed by atoms with Crippen LogP contribution in [-0.4, -0.2) is 33.1 Å². The fourth-order valence-electron chi connectivity index (χ4n) is 2.97. The number of hydrogen-bond donors (Lipinski definition) is 0. The van der Waals surface area contributed by atoms with Gasteiger partial charge in [-0.05, 0) is 46.2 Å². The minimum absolute atomic E-state index is 0.301. The molecule has 4 heteroatoms. The third-order valence-electron chi connectivity index (χ3n) is 4.08. The predicted molar refractivity (Wildman–Crippen MR) is 80.6 cm³/mol. The summed E-state index contributed by atoms with van der Waals surface area (Å²) in [5, 5.41) is 4.64. The molecule has 112 valence electrons. The first-order valence-corrected chi connectivity index (χ1v) is 7.84. The van der Waals surface area contributed by atoms with Gasteiger partial charge in [0.15, 0.2) is 0 Å². The molecule has 1 aromatic heterocycles. The second kappa shape index (κ2) is 7.02. The Balaban J connectivity index is 2.04. The summed E-state index contributed by atoms with van der Waals surface area (Å²) >= 11 is 0. The highest BCUT2D eigenvalue weighted by atomic mass is 16.1. The van der Waals surface area contributed by atoms with E-state index in [0.29, 0.717) is 24.3 Å². The number of carbonyl (C=O) groups excluding carboxylic acids is 1. The van der Waals surface area contributed by atoms with E-state index in [2.05, 4.69) is 36.1 Å². The van der Waals surface area contributed by atoms with Crippen LogP contribution in [0.3, 0.4) is 0 Å². The van der Waals surface area contributed by atoms with E-state index < -0.39 is 0 Å². The van der Waals surface area contributed by atoms with Gasteiger partial charge in [0.25, 0.3) is 0 Å². The quantitative estimate of drug-likeness (QED) is 0.829. The first-order valence-electron chi connectivity index (χ1n) is 7.84. The fraction of sp³-hybridized carbons (Fsp3) is 0.750. The van der Waals surface area contributed by atoms with Gasteiger partial charge in [-0.25, -0.2) is 0 Å². The van der Waals surface area contributed by atoms with Crippen molar-refractivity contribution in [1.29, 1.82) is 0 Å². The third kappa shape index (κ3) is 4.17. The van der Waals surface area contributed by atoms with Crippen LogP contribution in [0, 0.1) is 0 Å². The molecule has 1 aromatic rings. The predicted octanol–water partition coefficient (Wildman–Crippen LogP) is 3.19. The van der Waals surface area contributed by atoms with Crippen LogP contribution in [0.15, 0.2) is 12.3 Å². The molecular weight excluding hydrogens is 250 g/mol. The van der Waals surface area contributed by atoms with Gasteiger partial charge in [-0.2, -0.15) is 5.10 Å². The maximum Gasteiger partial charge on any atom is 0.131 e. The summed E-state index contributed by atoms with van der Waals surface area (Å²) in [5.41, 5.74) is 1.12. The summed E-state index contributed by atoms with van der Waals surface area (Å²) in [6.45, 7) is 7.95. The van der Waals surface area contributed by atoms with Crippen LogP contribution < -0.4 is 0 Å². The molecule has 0 aliphatic carbocycles. The van der Waals surface area contributed by atoms with Crippen molar-refractivity contribution in [2.45, 2.75) is 71.5 Å². The van der Waals surface area contributed by atoms with E-state index in [1.54, 1.807) is 6.92 Å². The van der Waals surface area contributed by atoms with E-state index >= 15 is 0 Å². The molecule has 1 aliphatic heterocycles. The normalized spacial score (nSPS) is 21.1. The Bertz CT molecular complexity index is 439. The summed E-state index contributed by atoms with van der Waals surface area (Å²) in [5.74, 6) is 0.301. The van der Waals surface area contributed by atoms with E-state index in [1.807, 2.05) is 4.68 Å². The number of ketones is 1. The Morgan fingerprint density at radius 3 is 2.85 bits per heavy atom. The molecule has 0 N–H and O–H groups in total. The molecule has 1 aliphatic rings. The molecule has 2 rings (SSSR count). The van der Waals surface area contributed by atoms with Gasteiger partial charge in [0, 0.05) is 31.2 Å². The Morgan fingerprint density at radius 1 is 1.40 bits per heavy atom. The summed E-state index contributed by atoms with van der Waals surface area (Å²) in [7, 11) is 0. The van der Waals surface area contributed by atoms with Gasteiger partial charge >= 0.3 is 0 Å². The number of carbonyl (C=O) groups is 1. The topological polar surface area (TPSA) is 38.1 Å². The van der Waals surface area contributed by atoms with Crippen LogP contribution in [0.2, 0.25) is 0 Å². The molecule has 1 saturated heterocycles. The zero-order chi connectivity index (χ0) is 14.5. The smallest absolute Gasteiger partial charge is 0.131 e. The van der Waals surface area contributed by atoms with Crippen molar-refractivity contribution >= 4 is 5.78 Å². The number of nitrogens with zero attached hydrogens (tertiary/aromatic N) is 3. The van der Waals surface area contributed by atoms with Crippen molar-refractivity contribution in [1.82, 2.24) is 14.7 Å². The molecule has 20 heavy (non-hydrogen) atoms. The fourth-order valence-corrected chi connectivity index (χ4v) is 2.97. The molecule has 0 aromatic carbocycles. The Kier molecular flexibility index (Phi) is 5.35. The van der Waals surface area contributed by atoms with Crippen molar-refractivity contribution in [3.63, 3.8) is 0 Å². The van der Waals surface area contributed by atoms with Gasteiger partial charge < -0.3 is 0 Å². The van der Waals surface area contributed by atoms with E-state index in [9.17, 15) is 4.79 Å². The maximum absolute atomic E-state index is 11.5. The monoisotopic (exact) mass is 277 g/mol. The molecular formula is C16H27N3O. The number of aromatic nitrogens is 2. The van der Waals surface area contributed by atoms with Crippen LogP contribution in [0.5, 0.6) is 0 Å². The second-order valence-corrected chi connectivity index (χ2v) is 6.26. The molecule has 0 spiro atoms. The number of likely N-dealkylation sites (tertiary alicyclic amines) is 1. The third-order valence-corrected chi connectivity index (χ3v) is 4.08. The van der Waals surface area contributed by atoms with Crippen LogP contribution in [0.4, 0.5) is 0 Å². The average Bonchev–Trinajstić information content (AvgIpc) is 2.74. The van der Waals surface area contributed by atoms with Crippen molar-refractivity contribution in [2.24, 2.45) is 0 Å². The van der Waals surface area contributed by atoms with E-state index in [0.717, 1.165) is 25.2 Å². The highest BCUT2D eigenvalue weighted by Gasteiger charge is 2.23. The molecule has 1 unspecified atom stereocenters. The Labute approximate surface area is 122 Å². The molecule has 0 saturated carbocycles. The molecule has 0 amide bonds. The van der Waals surface area contributed by atoms with Crippen molar-refractivity contribution < 1.29 is 4.79 Å². The Hall–Kier alpha value is -1.16. The average molecular weight is 277 g/mol. The van der Waals surface area contributed by atoms with Crippen molar-refractivity contribution in [2.75, 3.05) is 6.54 Å². The van der Waals surface area contributed by atoms with Crippen LogP contribution >= 0.6 is 0 Å². The molecule has 0 bridgehead atoms. The van der Waals surface area contributed by atoms with Gasteiger partial charge in [-0.1, -0.05) is 12.8 Å². The van der Waals surface area contributed by atoms with E-state index in [-0.39, 0.29) is 0 Å². The molecule has 1 atom stereocenters. The van der Waals surface area contributed by atoms with Gasteiger partial charge in [0.2, 0.25) is 0 Å². The maximum atomic E-state index is 11.5. The molecule has 1 fully saturated rings. The van der Waals surface area contributed by atoms with E-state index in [4.69, 9.17) is 0 Å². The van der Waals surface area contributed by atoms with Gasteiger partial charge in [-0.3, -0.25) is 14.4 Å². The SMILES string of the molecule is CC(=O)CC1CCCCCN1Cc1ccn(C(C)C)n1.